The van der Waals surface area contributed by atoms with Gasteiger partial charge < -0.3 is 14.9 Å². The Hall–Kier alpha value is -2.15. The van der Waals surface area contributed by atoms with Crippen LogP contribution in [0.1, 0.15) is 32.6 Å². The van der Waals surface area contributed by atoms with E-state index in [9.17, 15) is 18.0 Å². The first kappa shape index (κ1) is 23.5. The highest BCUT2D eigenvalue weighted by molar-refractivity contribution is 7.90. The average Bonchev–Trinajstić information content (AvgIpc) is 3.02. The van der Waals surface area contributed by atoms with E-state index >= 15 is 0 Å². The van der Waals surface area contributed by atoms with Gasteiger partial charge in [-0.25, -0.2) is 8.98 Å². The molecule has 1 fully saturated rings. The van der Waals surface area contributed by atoms with E-state index in [0.29, 0.717) is 5.56 Å². The molecule has 1 spiro atoms. The Morgan fingerprint density at radius 3 is 2.35 bits per heavy atom. The summed E-state index contributed by atoms with van der Waals surface area (Å²) in [6, 6.07) is 0. The minimum absolute atomic E-state index is 0.0885. The van der Waals surface area contributed by atoms with Gasteiger partial charge in [-0.2, -0.15) is 8.42 Å². The lowest BCUT2D eigenvalue weighted by Gasteiger charge is -2.42. The molecular formula is C19H29N3O7SSi. The zero-order chi connectivity index (χ0) is 23.7. The topological polar surface area (TPSA) is 132 Å². The molecule has 2 aliphatic heterocycles. The lowest BCUT2D eigenvalue weighted by Crippen LogP contribution is -2.55. The molecule has 2 aliphatic rings. The smallest absolute Gasteiger partial charge is 0.333 e. The molecule has 172 valence electrons. The summed E-state index contributed by atoms with van der Waals surface area (Å²) in [5.74, 6) is -0.0885. The van der Waals surface area contributed by atoms with Gasteiger partial charge in [0.2, 0.25) is 11.8 Å². The number of hydrogen-bond donors (Lipinski definition) is 1. The third kappa shape index (κ3) is 3.51. The van der Waals surface area contributed by atoms with Gasteiger partial charge in [-0.15, -0.1) is 0 Å². The van der Waals surface area contributed by atoms with E-state index in [0.717, 1.165) is 9.98 Å². The van der Waals surface area contributed by atoms with Gasteiger partial charge in [-0.05, 0) is 25.1 Å². The second-order valence-corrected chi connectivity index (χ2v) is 15.6. The lowest BCUT2D eigenvalue weighted by molar-refractivity contribution is -0.0220. The Bertz CT molecular complexity index is 1210. The standard InChI is InChI=1S/C19H29N3O7SSi/c1-11-9-22(17(24)21(6)15(11)23)16-14(28-31(7,8)18(3,4)5)19(12(2)27-16)13(20)10-30(25,26)29-19/h9-10,14,16H,2,20H2,1,3-8H3/t14-,16+,19-/m0/s1. The van der Waals surface area contributed by atoms with Gasteiger partial charge in [0.1, 0.15) is 11.9 Å². The zero-order valence-corrected chi connectivity index (χ0v) is 20.6. The van der Waals surface area contributed by atoms with Crippen LogP contribution in [0.4, 0.5) is 0 Å². The minimum Gasteiger partial charge on any atom is -0.468 e. The van der Waals surface area contributed by atoms with Crippen LogP contribution in [0.2, 0.25) is 18.1 Å². The largest absolute Gasteiger partial charge is 0.468 e. The van der Waals surface area contributed by atoms with Crippen molar-refractivity contribution >= 4 is 18.4 Å². The first-order valence-electron chi connectivity index (χ1n) is 9.70. The SMILES string of the molecule is C=C1O[C@@H](n2cc(C)c(=O)n(C)c2=O)[C@H](O[Si](C)(C)C(C)(C)C)[C@]12OS(=O)(=O)C=C2N. The van der Waals surface area contributed by atoms with Gasteiger partial charge in [0.05, 0.1) is 11.1 Å². The predicted molar refractivity (Wildman–Crippen MR) is 117 cm³/mol. The van der Waals surface area contributed by atoms with E-state index in [1.807, 2.05) is 33.9 Å². The summed E-state index contributed by atoms with van der Waals surface area (Å²) >= 11 is 0. The van der Waals surface area contributed by atoms with Gasteiger partial charge in [-0.3, -0.25) is 13.9 Å². The Morgan fingerprint density at radius 2 is 1.87 bits per heavy atom. The normalized spacial score (nSPS) is 28.1. The maximum absolute atomic E-state index is 12.9. The molecule has 31 heavy (non-hydrogen) atoms. The van der Waals surface area contributed by atoms with Crippen LogP contribution in [0.3, 0.4) is 0 Å². The number of ether oxygens (including phenoxy) is 1. The molecule has 0 amide bonds. The van der Waals surface area contributed by atoms with Crippen molar-refractivity contribution in [1.82, 2.24) is 9.13 Å². The van der Waals surface area contributed by atoms with E-state index in [-0.39, 0.29) is 16.5 Å². The molecule has 1 aromatic rings. The molecule has 3 rings (SSSR count). The van der Waals surface area contributed by atoms with Crippen LogP contribution in [-0.2, 0) is 30.5 Å². The fraction of sp³-hybridized carbons (Fsp3) is 0.579. The van der Waals surface area contributed by atoms with E-state index in [1.165, 1.54) is 17.8 Å². The molecule has 0 aliphatic carbocycles. The van der Waals surface area contributed by atoms with Crippen molar-refractivity contribution in [1.29, 1.82) is 0 Å². The number of aromatic nitrogens is 2. The van der Waals surface area contributed by atoms with Gasteiger partial charge in [0, 0.05) is 18.8 Å². The Labute approximate surface area is 182 Å². The van der Waals surface area contributed by atoms with E-state index in [1.54, 1.807) is 6.92 Å². The molecule has 10 nitrogen and oxygen atoms in total. The molecule has 2 N–H and O–H groups in total. The van der Waals surface area contributed by atoms with Crippen molar-refractivity contribution in [2.45, 2.75) is 63.8 Å². The summed E-state index contributed by atoms with van der Waals surface area (Å²) in [6.45, 7) is 15.4. The summed E-state index contributed by atoms with van der Waals surface area (Å²) in [5.41, 5.74) is 3.36. The fourth-order valence-corrected chi connectivity index (χ4v) is 5.89. The van der Waals surface area contributed by atoms with Crippen molar-refractivity contribution < 1.29 is 21.8 Å². The van der Waals surface area contributed by atoms with Crippen LogP contribution in [0.25, 0.3) is 0 Å². The average molecular weight is 472 g/mol. The lowest BCUT2D eigenvalue weighted by atomic mass is 9.93. The first-order chi connectivity index (χ1) is 13.9. The number of nitrogens with zero attached hydrogens (tertiary/aromatic N) is 2. The molecule has 0 radical (unpaired) electrons. The third-order valence-electron chi connectivity index (χ3n) is 6.27. The Balaban J connectivity index is 2.26. The quantitative estimate of drug-likeness (QED) is 0.514. The van der Waals surface area contributed by atoms with Crippen LogP contribution in [0, 0.1) is 6.92 Å². The van der Waals surface area contributed by atoms with E-state index in [2.05, 4.69) is 6.58 Å². The zero-order valence-electron chi connectivity index (χ0n) is 18.8. The van der Waals surface area contributed by atoms with Gasteiger partial charge >= 0.3 is 5.69 Å². The predicted octanol–water partition coefficient (Wildman–Crippen LogP) is 1.19. The molecule has 0 saturated carbocycles. The summed E-state index contributed by atoms with van der Waals surface area (Å²) in [6.07, 6.45) is -0.934. The highest BCUT2D eigenvalue weighted by atomic mass is 32.2. The molecule has 12 heteroatoms. The fourth-order valence-electron chi connectivity index (χ4n) is 3.44. The number of rotatable bonds is 3. The molecule has 0 unspecified atom stereocenters. The van der Waals surface area contributed by atoms with Crippen molar-refractivity contribution in [3.8, 4) is 0 Å². The molecule has 1 aromatic heterocycles. The molecule has 0 aromatic carbocycles. The first-order valence-corrected chi connectivity index (χ1v) is 14.1. The summed E-state index contributed by atoms with van der Waals surface area (Å²) in [5, 5.41) is 0.545. The van der Waals surface area contributed by atoms with Crippen molar-refractivity contribution in [3.05, 3.63) is 56.0 Å². The highest BCUT2D eigenvalue weighted by Gasteiger charge is 2.65. The van der Waals surface area contributed by atoms with Gasteiger partial charge in [-0.1, -0.05) is 27.4 Å². The van der Waals surface area contributed by atoms with Crippen LogP contribution in [-0.4, -0.2) is 37.6 Å². The Morgan fingerprint density at radius 1 is 1.29 bits per heavy atom. The van der Waals surface area contributed by atoms with Crippen molar-refractivity contribution in [2.75, 3.05) is 0 Å². The van der Waals surface area contributed by atoms with Crippen molar-refractivity contribution in [3.63, 3.8) is 0 Å². The molecule has 1 saturated heterocycles. The second-order valence-electron chi connectivity index (χ2n) is 9.48. The summed E-state index contributed by atoms with van der Waals surface area (Å²) in [4.78, 5) is 25.1. The number of aryl methyl sites for hydroxylation is 1. The van der Waals surface area contributed by atoms with Gasteiger partial charge in [0.25, 0.3) is 15.7 Å². The third-order valence-corrected chi connectivity index (χ3v) is 11.8. The minimum atomic E-state index is -4.12. The van der Waals surface area contributed by atoms with Gasteiger partial charge in [0.15, 0.2) is 8.32 Å². The number of hydrogen-bond acceptors (Lipinski definition) is 8. The van der Waals surface area contributed by atoms with E-state index < -0.39 is 47.6 Å². The molecule has 3 atom stereocenters. The van der Waals surface area contributed by atoms with Crippen LogP contribution in [0.15, 0.2) is 39.2 Å². The highest BCUT2D eigenvalue weighted by Crippen LogP contribution is 2.52. The van der Waals surface area contributed by atoms with E-state index in [4.69, 9.17) is 19.1 Å². The Kier molecular flexibility index (Phi) is 5.25. The maximum atomic E-state index is 12.9. The van der Waals surface area contributed by atoms with Crippen LogP contribution < -0.4 is 17.0 Å². The summed E-state index contributed by atoms with van der Waals surface area (Å²) in [7, 11) is -5.33. The monoisotopic (exact) mass is 471 g/mol. The number of nitrogens with two attached hydrogens (primary N) is 1. The second kappa shape index (κ2) is 6.92. The molecule has 3 heterocycles. The van der Waals surface area contributed by atoms with Crippen LogP contribution in [0.5, 0.6) is 0 Å². The summed E-state index contributed by atoms with van der Waals surface area (Å²) < 4.78 is 44.6. The maximum Gasteiger partial charge on any atom is 0.333 e. The van der Waals surface area contributed by atoms with Crippen molar-refractivity contribution in [2.24, 2.45) is 12.8 Å². The molecule has 0 bridgehead atoms. The van der Waals surface area contributed by atoms with Crippen LogP contribution >= 0.6 is 0 Å². The molecular weight excluding hydrogens is 442 g/mol.